The van der Waals surface area contributed by atoms with Crippen molar-refractivity contribution in [3.63, 3.8) is 0 Å². The molecule has 0 bridgehead atoms. The van der Waals surface area contributed by atoms with E-state index < -0.39 is 6.10 Å². The summed E-state index contributed by atoms with van der Waals surface area (Å²) in [6, 6.07) is 9.80. The molecule has 1 aromatic carbocycles. The van der Waals surface area contributed by atoms with Crippen LogP contribution >= 0.6 is 11.6 Å². The van der Waals surface area contributed by atoms with E-state index in [4.69, 9.17) is 16.7 Å². The zero-order valence-corrected chi connectivity index (χ0v) is 7.41. The summed E-state index contributed by atoms with van der Waals surface area (Å²) < 4.78 is 0. The Morgan fingerprint density at radius 1 is 1.33 bits per heavy atom. The summed E-state index contributed by atoms with van der Waals surface area (Å²) in [5.41, 5.74) is 1.07. The smallest absolute Gasteiger partial charge is 0.0859 e. The van der Waals surface area contributed by atoms with Gasteiger partial charge in [-0.15, -0.1) is 11.6 Å². The number of halogens is 1. The number of hydrogen-bond acceptors (Lipinski definition) is 1. The highest BCUT2D eigenvalue weighted by Gasteiger charge is 1.93. The van der Waals surface area contributed by atoms with E-state index in [9.17, 15) is 0 Å². The van der Waals surface area contributed by atoms with Crippen LogP contribution < -0.4 is 0 Å². The minimum atomic E-state index is -0.549. The second kappa shape index (κ2) is 4.96. The van der Waals surface area contributed by atoms with Gasteiger partial charge in [-0.3, -0.25) is 0 Å². The first-order valence-electron chi connectivity index (χ1n) is 3.80. The molecule has 0 aliphatic heterocycles. The van der Waals surface area contributed by atoms with Crippen molar-refractivity contribution in [1.29, 1.82) is 0 Å². The van der Waals surface area contributed by atoms with Crippen LogP contribution in [-0.4, -0.2) is 17.1 Å². The molecule has 0 saturated carbocycles. The molecule has 1 aromatic rings. The lowest BCUT2D eigenvalue weighted by atomic mass is 10.2. The molecule has 0 heterocycles. The average Bonchev–Trinajstić information content (AvgIpc) is 2.16. The molecule has 1 nitrogen and oxygen atoms in total. The van der Waals surface area contributed by atoms with E-state index in [1.165, 1.54) is 0 Å². The minimum Gasteiger partial charge on any atom is -0.388 e. The topological polar surface area (TPSA) is 20.2 Å². The maximum absolute atomic E-state index is 9.10. The fourth-order valence-corrected chi connectivity index (χ4v) is 0.941. The van der Waals surface area contributed by atoms with Crippen LogP contribution in [-0.2, 0) is 0 Å². The van der Waals surface area contributed by atoms with Gasteiger partial charge in [0, 0.05) is 0 Å². The van der Waals surface area contributed by atoms with Gasteiger partial charge in [0.2, 0.25) is 0 Å². The van der Waals surface area contributed by atoms with Gasteiger partial charge in [0.25, 0.3) is 0 Å². The fourth-order valence-electron chi connectivity index (χ4n) is 0.838. The molecule has 1 rings (SSSR count). The zero-order valence-electron chi connectivity index (χ0n) is 6.65. The molecule has 0 fully saturated rings. The highest BCUT2D eigenvalue weighted by molar-refractivity contribution is 6.18. The number of aliphatic hydroxyl groups is 1. The first-order chi connectivity index (χ1) is 5.83. The van der Waals surface area contributed by atoms with Crippen molar-refractivity contribution < 1.29 is 5.11 Å². The maximum Gasteiger partial charge on any atom is 0.0859 e. The molecule has 1 N–H and O–H groups in total. The number of benzene rings is 1. The van der Waals surface area contributed by atoms with Crippen LogP contribution in [0.15, 0.2) is 36.4 Å². The second-order valence-corrected chi connectivity index (χ2v) is 2.80. The van der Waals surface area contributed by atoms with Gasteiger partial charge in [0.15, 0.2) is 0 Å². The van der Waals surface area contributed by atoms with Crippen LogP contribution in [0.2, 0.25) is 0 Å². The summed E-state index contributed by atoms with van der Waals surface area (Å²) in [5, 5.41) is 9.10. The lowest BCUT2D eigenvalue weighted by molar-refractivity contribution is 0.248. The third-order valence-corrected chi connectivity index (χ3v) is 1.78. The molecule has 0 aromatic heterocycles. The van der Waals surface area contributed by atoms with E-state index in [0.717, 1.165) is 5.56 Å². The molecule has 12 heavy (non-hydrogen) atoms. The van der Waals surface area contributed by atoms with Crippen molar-refractivity contribution in [2.75, 3.05) is 5.88 Å². The van der Waals surface area contributed by atoms with Crippen LogP contribution in [0.3, 0.4) is 0 Å². The molecule has 64 valence electrons. The molecular formula is C10H11ClO. The summed E-state index contributed by atoms with van der Waals surface area (Å²) in [7, 11) is 0. The Morgan fingerprint density at radius 3 is 2.58 bits per heavy atom. The van der Waals surface area contributed by atoms with Crippen molar-refractivity contribution in [2.45, 2.75) is 6.10 Å². The van der Waals surface area contributed by atoms with Gasteiger partial charge in [-0.25, -0.2) is 0 Å². The van der Waals surface area contributed by atoms with E-state index in [2.05, 4.69) is 0 Å². The van der Waals surface area contributed by atoms with E-state index >= 15 is 0 Å². The summed E-state index contributed by atoms with van der Waals surface area (Å²) in [5.74, 6) is 0.239. The lowest BCUT2D eigenvalue weighted by Gasteiger charge is -1.97. The van der Waals surface area contributed by atoms with Crippen molar-refractivity contribution in [3.8, 4) is 0 Å². The van der Waals surface area contributed by atoms with Crippen molar-refractivity contribution in [2.24, 2.45) is 0 Å². The Balaban J connectivity index is 2.58. The summed E-state index contributed by atoms with van der Waals surface area (Å²) >= 11 is 5.42. The second-order valence-electron chi connectivity index (χ2n) is 2.49. The maximum atomic E-state index is 9.10. The third-order valence-electron chi connectivity index (χ3n) is 1.47. The molecule has 0 amide bonds. The zero-order chi connectivity index (χ0) is 8.81. The number of hydrogen-bond donors (Lipinski definition) is 1. The number of alkyl halides is 1. The third kappa shape index (κ3) is 3.07. The number of aliphatic hydroxyl groups excluding tert-OH is 1. The van der Waals surface area contributed by atoms with Gasteiger partial charge >= 0.3 is 0 Å². The predicted molar refractivity (Wildman–Crippen MR) is 52.2 cm³/mol. The Kier molecular flexibility index (Phi) is 3.85. The Morgan fingerprint density at radius 2 is 2.00 bits per heavy atom. The average molecular weight is 183 g/mol. The SMILES string of the molecule is O[C@@H](/C=C/c1ccccc1)CCl. The van der Waals surface area contributed by atoms with E-state index in [0.29, 0.717) is 0 Å². The largest absolute Gasteiger partial charge is 0.388 e. The summed E-state index contributed by atoms with van der Waals surface area (Å²) in [6.45, 7) is 0. The Labute approximate surface area is 77.3 Å². The molecule has 0 unspecified atom stereocenters. The Bertz CT molecular complexity index is 243. The molecular weight excluding hydrogens is 172 g/mol. The van der Waals surface area contributed by atoms with Gasteiger partial charge < -0.3 is 5.11 Å². The van der Waals surface area contributed by atoms with Crippen LogP contribution in [0, 0.1) is 0 Å². The van der Waals surface area contributed by atoms with Crippen LogP contribution in [0.25, 0.3) is 6.08 Å². The van der Waals surface area contributed by atoms with Gasteiger partial charge in [-0.1, -0.05) is 42.5 Å². The standard InChI is InChI=1S/C10H11ClO/c11-8-10(12)7-6-9-4-2-1-3-5-9/h1-7,10,12H,8H2/b7-6+/t10-/m0/s1. The first kappa shape index (κ1) is 9.30. The monoisotopic (exact) mass is 182 g/mol. The molecule has 0 aliphatic rings. The van der Waals surface area contributed by atoms with Gasteiger partial charge in [-0.05, 0) is 5.56 Å². The summed E-state index contributed by atoms with van der Waals surface area (Å²) in [4.78, 5) is 0. The Hall–Kier alpha value is -0.790. The molecule has 0 saturated heterocycles. The van der Waals surface area contributed by atoms with E-state index in [-0.39, 0.29) is 5.88 Å². The van der Waals surface area contributed by atoms with Gasteiger partial charge in [0.1, 0.15) is 0 Å². The molecule has 0 spiro atoms. The van der Waals surface area contributed by atoms with Crippen LogP contribution in [0.4, 0.5) is 0 Å². The molecule has 0 radical (unpaired) electrons. The van der Waals surface area contributed by atoms with E-state index in [1.807, 2.05) is 36.4 Å². The normalized spacial score (nSPS) is 13.5. The first-order valence-corrected chi connectivity index (χ1v) is 4.33. The molecule has 1 atom stereocenters. The van der Waals surface area contributed by atoms with Gasteiger partial charge in [-0.2, -0.15) is 0 Å². The molecule has 0 aliphatic carbocycles. The predicted octanol–water partition coefficient (Wildman–Crippen LogP) is 2.30. The quantitative estimate of drug-likeness (QED) is 0.712. The minimum absolute atomic E-state index is 0.239. The van der Waals surface area contributed by atoms with Crippen molar-refractivity contribution >= 4 is 17.7 Å². The van der Waals surface area contributed by atoms with Crippen LogP contribution in [0.1, 0.15) is 5.56 Å². The highest BCUT2D eigenvalue weighted by Crippen LogP contribution is 2.02. The highest BCUT2D eigenvalue weighted by atomic mass is 35.5. The number of rotatable bonds is 3. The van der Waals surface area contributed by atoms with E-state index in [1.54, 1.807) is 6.08 Å². The van der Waals surface area contributed by atoms with Crippen molar-refractivity contribution in [3.05, 3.63) is 42.0 Å². The fraction of sp³-hybridized carbons (Fsp3) is 0.200. The van der Waals surface area contributed by atoms with Crippen molar-refractivity contribution in [1.82, 2.24) is 0 Å². The summed E-state index contributed by atoms with van der Waals surface area (Å²) in [6.07, 6.45) is 2.99. The lowest BCUT2D eigenvalue weighted by Crippen LogP contribution is -2.02. The van der Waals surface area contributed by atoms with Crippen LogP contribution in [0.5, 0.6) is 0 Å². The molecule has 2 heteroatoms. The van der Waals surface area contributed by atoms with Gasteiger partial charge in [0.05, 0.1) is 12.0 Å².